The van der Waals surface area contributed by atoms with Crippen molar-refractivity contribution >= 4 is 17.6 Å². The number of aromatic nitrogens is 2. The van der Waals surface area contributed by atoms with E-state index >= 15 is 0 Å². The van der Waals surface area contributed by atoms with Crippen molar-refractivity contribution in [1.82, 2.24) is 9.97 Å². The molecular formula is C23H23ClN2O4. The molecule has 1 aliphatic rings. The molecule has 30 heavy (non-hydrogen) atoms. The highest BCUT2D eigenvalue weighted by molar-refractivity contribution is 6.30. The lowest BCUT2D eigenvalue weighted by Gasteiger charge is -2.28. The van der Waals surface area contributed by atoms with Gasteiger partial charge in [-0.15, -0.1) is 0 Å². The summed E-state index contributed by atoms with van der Waals surface area (Å²) in [6.45, 7) is 0.465. The molecule has 4 rings (SSSR count). The molecule has 0 spiro atoms. The van der Waals surface area contributed by atoms with Crippen LogP contribution < -0.4 is 0 Å². The lowest BCUT2D eigenvalue weighted by Crippen LogP contribution is -2.30. The number of nitrogens with zero attached hydrogens (tertiary/aromatic N) is 1. The first-order valence-corrected chi connectivity index (χ1v) is 10.3. The summed E-state index contributed by atoms with van der Waals surface area (Å²) in [7, 11) is 0. The summed E-state index contributed by atoms with van der Waals surface area (Å²) >= 11 is 6.06. The van der Waals surface area contributed by atoms with Crippen LogP contribution in [0.15, 0.2) is 67.0 Å². The average molecular weight is 427 g/mol. The van der Waals surface area contributed by atoms with Gasteiger partial charge in [-0.05, 0) is 30.7 Å². The van der Waals surface area contributed by atoms with Gasteiger partial charge in [-0.25, -0.2) is 9.78 Å². The molecule has 1 saturated heterocycles. The number of hydrogen-bond donors (Lipinski definition) is 1. The standard InChI is InChI=1S/C23H23ClN2O4/c24-19-10-8-18(9-11-19)23(12-4-7-21-25-13-14-26-21)29-16-20(30-23)15-28-22(27)17-5-2-1-3-6-17/h1-3,5-6,8-11,13-14,20H,4,7,12,15-16H2,(H,25,26). The van der Waals surface area contributed by atoms with Crippen molar-refractivity contribution in [2.45, 2.75) is 31.2 Å². The second-order valence-electron chi connectivity index (χ2n) is 7.16. The first kappa shape index (κ1) is 20.6. The number of rotatable bonds is 8. The molecule has 2 unspecified atom stereocenters. The first-order valence-electron chi connectivity index (χ1n) is 9.93. The van der Waals surface area contributed by atoms with Crippen LogP contribution >= 0.6 is 11.6 Å². The summed E-state index contributed by atoms with van der Waals surface area (Å²) in [4.78, 5) is 19.6. The predicted octanol–water partition coefficient (Wildman–Crippen LogP) is 4.51. The zero-order valence-corrected chi connectivity index (χ0v) is 17.2. The van der Waals surface area contributed by atoms with Crippen LogP contribution in [0.4, 0.5) is 0 Å². The zero-order chi connectivity index (χ0) is 20.8. The number of nitrogens with one attached hydrogen (secondary N) is 1. The van der Waals surface area contributed by atoms with Crippen LogP contribution in [0.1, 0.15) is 34.6 Å². The van der Waals surface area contributed by atoms with Crippen LogP contribution in [0.2, 0.25) is 5.02 Å². The minimum atomic E-state index is -0.902. The van der Waals surface area contributed by atoms with Crippen LogP contribution in [-0.2, 0) is 26.4 Å². The van der Waals surface area contributed by atoms with Gasteiger partial charge in [-0.2, -0.15) is 0 Å². The largest absolute Gasteiger partial charge is 0.459 e. The summed E-state index contributed by atoms with van der Waals surface area (Å²) in [5, 5.41) is 0.649. The van der Waals surface area contributed by atoms with Gasteiger partial charge in [-0.3, -0.25) is 0 Å². The highest BCUT2D eigenvalue weighted by atomic mass is 35.5. The van der Waals surface area contributed by atoms with Crippen LogP contribution in [0.5, 0.6) is 0 Å². The Morgan fingerprint density at radius 3 is 2.73 bits per heavy atom. The number of ether oxygens (including phenoxy) is 3. The Balaban J connectivity index is 1.41. The molecule has 0 radical (unpaired) electrons. The third-order valence-corrected chi connectivity index (χ3v) is 5.28. The summed E-state index contributed by atoms with van der Waals surface area (Å²) in [6, 6.07) is 16.4. The Kier molecular flexibility index (Phi) is 6.47. The molecule has 7 heteroatoms. The molecule has 3 aromatic rings. The van der Waals surface area contributed by atoms with Gasteiger partial charge in [-0.1, -0.05) is 41.9 Å². The third kappa shape index (κ3) is 4.90. The van der Waals surface area contributed by atoms with Gasteiger partial charge in [0.2, 0.25) is 0 Å². The zero-order valence-electron chi connectivity index (χ0n) is 16.4. The maximum absolute atomic E-state index is 12.2. The number of carbonyl (C=O) groups is 1. The van der Waals surface area contributed by atoms with Gasteiger partial charge in [0.15, 0.2) is 5.79 Å². The van der Waals surface area contributed by atoms with Crippen LogP contribution in [0.25, 0.3) is 0 Å². The van der Waals surface area contributed by atoms with E-state index in [0.717, 1.165) is 24.2 Å². The van der Waals surface area contributed by atoms with Crippen LogP contribution in [-0.4, -0.2) is 35.3 Å². The topological polar surface area (TPSA) is 73.4 Å². The maximum atomic E-state index is 12.2. The second-order valence-corrected chi connectivity index (χ2v) is 7.60. The fraction of sp³-hybridized carbons (Fsp3) is 0.304. The highest BCUT2D eigenvalue weighted by Gasteiger charge is 2.43. The van der Waals surface area contributed by atoms with Gasteiger partial charge in [0.25, 0.3) is 0 Å². The maximum Gasteiger partial charge on any atom is 0.338 e. The van der Waals surface area contributed by atoms with Crippen molar-refractivity contribution in [3.8, 4) is 0 Å². The van der Waals surface area contributed by atoms with E-state index in [0.29, 0.717) is 23.6 Å². The number of hydrogen-bond acceptors (Lipinski definition) is 5. The van der Waals surface area contributed by atoms with Crippen molar-refractivity contribution in [3.05, 3.63) is 89.0 Å². The fourth-order valence-electron chi connectivity index (χ4n) is 3.53. The molecule has 2 heterocycles. The van der Waals surface area contributed by atoms with Gasteiger partial charge >= 0.3 is 5.97 Å². The van der Waals surface area contributed by atoms with Crippen molar-refractivity contribution in [2.75, 3.05) is 13.2 Å². The lowest BCUT2D eigenvalue weighted by atomic mass is 9.99. The highest BCUT2D eigenvalue weighted by Crippen LogP contribution is 2.39. The van der Waals surface area contributed by atoms with Crippen molar-refractivity contribution < 1.29 is 19.0 Å². The van der Waals surface area contributed by atoms with Crippen molar-refractivity contribution in [2.24, 2.45) is 0 Å². The number of aromatic amines is 1. The number of esters is 1. The van der Waals surface area contributed by atoms with Gasteiger partial charge in [0, 0.05) is 35.8 Å². The van der Waals surface area contributed by atoms with E-state index in [-0.39, 0.29) is 18.7 Å². The third-order valence-electron chi connectivity index (χ3n) is 5.03. The summed E-state index contributed by atoms with van der Waals surface area (Å²) in [5.41, 5.74) is 1.40. The molecule has 1 fully saturated rings. The number of benzene rings is 2. The summed E-state index contributed by atoms with van der Waals surface area (Å²) < 4.78 is 17.9. The summed E-state index contributed by atoms with van der Waals surface area (Å²) in [5.74, 6) is -0.352. The Morgan fingerprint density at radius 1 is 1.20 bits per heavy atom. The number of H-pyrrole nitrogens is 1. The van der Waals surface area contributed by atoms with Gasteiger partial charge < -0.3 is 19.2 Å². The molecule has 0 amide bonds. The molecule has 2 aromatic carbocycles. The normalized spacial score (nSPS) is 20.9. The van der Waals surface area contributed by atoms with Crippen molar-refractivity contribution in [3.63, 3.8) is 0 Å². The van der Waals surface area contributed by atoms with E-state index in [1.165, 1.54) is 0 Å². The molecule has 0 aliphatic carbocycles. The van der Waals surface area contributed by atoms with E-state index in [2.05, 4.69) is 9.97 Å². The molecule has 2 atom stereocenters. The minimum Gasteiger partial charge on any atom is -0.459 e. The fourth-order valence-corrected chi connectivity index (χ4v) is 3.65. The Bertz CT molecular complexity index is 947. The molecular weight excluding hydrogens is 404 g/mol. The van der Waals surface area contributed by atoms with E-state index < -0.39 is 5.79 Å². The number of halogens is 1. The second kappa shape index (κ2) is 9.43. The smallest absolute Gasteiger partial charge is 0.338 e. The Morgan fingerprint density at radius 2 is 2.00 bits per heavy atom. The minimum absolute atomic E-state index is 0.126. The molecule has 0 bridgehead atoms. The van der Waals surface area contributed by atoms with Gasteiger partial charge in [0.1, 0.15) is 18.5 Å². The van der Waals surface area contributed by atoms with Crippen LogP contribution in [0.3, 0.4) is 0 Å². The van der Waals surface area contributed by atoms with Crippen LogP contribution in [0, 0.1) is 0 Å². The molecule has 1 N–H and O–H groups in total. The lowest BCUT2D eigenvalue weighted by molar-refractivity contribution is -0.185. The average Bonchev–Trinajstić information content (AvgIpc) is 3.44. The molecule has 1 aliphatic heterocycles. The molecule has 1 aromatic heterocycles. The quantitative estimate of drug-likeness (QED) is 0.536. The first-order chi connectivity index (χ1) is 14.6. The summed E-state index contributed by atoms with van der Waals surface area (Å²) in [6.07, 6.45) is 5.43. The molecule has 156 valence electrons. The van der Waals surface area contributed by atoms with E-state index in [4.69, 9.17) is 25.8 Å². The number of aryl methyl sites for hydroxylation is 1. The Labute approximate surface area is 180 Å². The predicted molar refractivity (Wildman–Crippen MR) is 112 cm³/mol. The number of carbonyl (C=O) groups excluding carboxylic acids is 1. The van der Waals surface area contributed by atoms with E-state index in [1.54, 1.807) is 30.5 Å². The number of imidazole rings is 1. The van der Waals surface area contributed by atoms with Crippen molar-refractivity contribution in [1.29, 1.82) is 0 Å². The Hall–Kier alpha value is -2.67. The molecule has 6 nitrogen and oxygen atoms in total. The van der Waals surface area contributed by atoms with Gasteiger partial charge in [0.05, 0.1) is 12.2 Å². The molecule has 0 saturated carbocycles. The van der Waals surface area contributed by atoms with E-state index in [9.17, 15) is 4.79 Å². The monoisotopic (exact) mass is 426 g/mol. The van der Waals surface area contributed by atoms with E-state index in [1.807, 2.05) is 36.5 Å². The SMILES string of the molecule is O=C(OCC1COC(CCCc2ncc[nH]2)(c2ccc(Cl)cc2)O1)c1ccccc1.